The molecule has 0 aliphatic heterocycles. The lowest BCUT2D eigenvalue weighted by atomic mass is 10.3. The zero-order valence-corrected chi connectivity index (χ0v) is 10.3. The molecule has 98 valence electrons. The van der Waals surface area contributed by atoms with Gasteiger partial charge >= 0.3 is 11.8 Å². The summed E-state index contributed by atoms with van der Waals surface area (Å²) in [7, 11) is 0. The van der Waals surface area contributed by atoms with Crippen LogP contribution in [0.15, 0.2) is 24.5 Å². The summed E-state index contributed by atoms with van der Waals surface area (Å²) in [6, 6.07) is 3.57. The Morgan fingerprint density at radius 3 is 2.83 bits per heavy atom. The summed E-state index contributed by atoms with van der Waals surface area (Å²) in [5.74, 6) is -1.30. The van der Waals surface area contributed by atoms with Crippen molar-refractivity contribution in [1.29, 1.82) is 0 Å². The van der Waals surface area contributed by atoms with Crippen LogP contribution in [0, 0.1) is 0 Å². The largest absolute Gasteiger partial charge is 0.395 e. The molecule has 0 bridgehead atoms. The molecule has 0 spiro atoms. The first-order valence-corrected chi connectivity index (χ1v) is 5.76. The molecule has 0 aromatic carbocycles. The molecule has 0 radical (unpaired) electrons. The molecule has 6 heteroatoms. The van der Waals surface area contributed by atoms with E-state index in [1.54, 1.807) is 25.4 Å². The second-order valence-corrected chi connectivity index (χ2v) is 3.65. The van der Waals surface area contributed by atoms with Crippen molar-refractivity contribution in [2.75, 3.05) is 19.7 Å². The first-order valence-electron chi connectivity index (χ1n) is 5.76. The van der Waals surface area contributed by atoms with E-state index in [4.69, 9.17) is 5.11 Å². The highest BCUT2D eigenvalue weighted by molar-refractivity contribution is 6.34. The molecule has 0 aliphatic carbocycles. The fourth-order valence-electron chi connectivity index (χ4n) is 1.43. The number of amides is 2. The zero-order chi connectivity index (χ0) is 13.4. The van der Waals surface area contributed by atoms with Crippen LogP contribution in [0.25, 0.3) is 0 Å². The van der Waals surface area contributed by atoms with Gasteiger partial charge in [-0.2, -0.15) is 0 Å². The van der Waals surface area contributed by atoms with E-state index < -0.39 is 11.8 Å². The van der Waals surface area contributed by atoms with E-state index in [0.29, 0.717) is 6.54 Å². The molecule has 6 nitrogen and oxygen atoms in total. The summed E-state index contributed by atoms with van der Waals surface area (Å²) < 4.78 is 0. The molecule has 2 amide bonds. The lowest BCUT2D eigenvalue weighted by molar-refractivity contribution is -0.146. The molecule has 1 heterocycles. The first-order chi connectivity index (χ1) is 8.69. The molecule has 1 rings (SSSR count). The summed E-state index contributed by atoms with van der Waals surface area (Å²) in [6.45, 7) is 2.40. The van der Waals surface area contributed by atoms with Crippen molar-refractivity contribution in [3.8, 4) is 0 Å². The van der Waals surface area contributed by atoms with Gasteiger partial charge in [0.15, 0.2) is 0 Å². The van der Waals surface area contributed by atoms with Crippen LogP contribution in [-0.2, 0) is 16.1 Å². The standard InChI is InChI=1S/C12H17N3O3/c1-2-15(6-7-16)12(18)11(17)14-9-10-4-3-5-13-8-10/h3-5,8,16H,2,6-7,9H2,1H3,(H,14,17). The van der Waals surface area contributed by atoms with Gasteiger partial charge in [-0.15, -0.1) is 0 Å². The summed E-state index contributed by atoms with van der Waals surface area (Å²) in [6.07, 6.45) is 3.26. The Labute approximate surface area is 106 Å². The molecule has 0 saturated heterocycles. The molecule has 2 N–H and O–H groups in total. The van der Waals surface area contributed by atoms with E-state index in [1.165, 1.54) is 4.90 Å². The van der Waals surface area contributed by atoms with E-state index >= 15 is 0 Å². The minimum absolute atomic E-state index is 0.157. The Balaban J connectivity index is 2.47. The summed E-state index contributed by atoms with van der Waals surface area (Å²) in [5, 5.41) is 11.3. The predicted octanol–water partition coefficient (Wildman–Crippen LogP) is -0.461. The maximum absolute atomic E-state index is 11.7. The Bertz CT molecular complexity index is 395. The van der Waals surface area contributed by atoms with Gasteiger partial charge in [0, 0.05) is 32.0 Å². The zero-order valence-electron chi connectivity index (χ0n) is 10.3. The highest BCUT2D eigenvalue weighted by atomic mass is 16.3. The predicted molar refractivity (Wildman–Crippen MR) is 65.4 cm³/mol. The number of carbonyl (C=O) groups excluding carboxylic acids is 2. The number of hydrogen-bond donors (Lipinski definition) is 2. The fourth-order valence-corrected chi connectivity index (χ4v) is 1.43. The van der Waals surface area contributed by atoms with Crippen LogP contribution in [-0.4, -0.2) is 46.5 Å². The van der Waals surface area contributed by atoms with Crippen LogP contribution < -0.4 is 5.32 Å². The number of carbonyl (C=O) groups is 2. The van der Waals surface area contributed by atoms with Crippen LogP contribution in [0.4, 0.5) is 0 Å². The molecule has 0 fully saturated rings. The lowest BCUT2D eigenvalue weighted by Gasteiger charge is -2.18. The Hall–Kier alpha value is -1.95. The van der Waals surface area contributed by atoms with Gasteiger partial charge in [-0.1, -0.05) is 6.07 Å². The Morgan fingerprint density at radius 2 is 2.28 bits per heavy atom. The number of nitrogens with zero attached hydrogens (tertiary/aromatic N) is 2. The van der Waals surface area contributed by atoms with Crippen molar-refractivity contribution >= 4 is 11.8 Å². The van der Waals surface area contributed by atoms with Gasteiger partial charge in [0.2, 0.25) is 0 Å². The number of likely N-dealkylation sites (N-methyl/N-ethyl adjacent to an activating group) is 1. The van der Waals surface area contributed by atoms with Gasteiger partial charge < -0.3 is 15.3 Å². The van der Waals surface area contributed by atoms with Crippen LogP contribution in [0.3, 0.4) is 0 Å². The number of hydrogen-bond acceptors (Lipinski definition) is 4. The molecular weight excluding hydrogens is 234 g/mol. The minimum atomic E-state index is -0.672. The maximum atomic E-state index is 11.7. The number of rotatable bonds is 5. The monoisotopic (exact) mass is 251 g/mol. The molecule has 0 unspecified atom stereocenters. The maximum Gasteiger partial charge on any atom is 0.311 e. The summed E-state index contributed by atoms with van der Waals surface area (Å²) in [4.78, 5) is 28.5. The Kier molecular flexibility index (Phi) is 5.79. The van der Waals surface area contributed by atoms with Crippen molar-refractivity contribution in [1.82, 2.24) is 15.2 Å². The van der Waals surface area contributed by atoms with Crippen molar-refractivity contribution in [2.24, 2.45) is 0 Å². The van der Waals surface area contributed by atoms with E-state index in [1.807, 2.05) is 6.07 Å². The smallest absolute Gasteiger partial charge is 0.311 e. The van der Waals surface area contributed by atoms with E-state index in [0.717, 1.165) is 5.56 Å². The van der Waals surface area contributed by atoms with Crippen molar-refractivity contribution < 1.29 is 14.7 Å². The number of pyridine rings is 1. The highest BCUT2D eigenvalue weighted by Gasteiger charge is 2.19. The van der Waals surface area contributed by atoms with Crippen LogP contribution in [0.2, 0.25) is 0 Å². The summed E-state index contributed by atoms with van der Waals surface area (Å²) >= 11 is 0. The normalized spacial score (nSPS) is 9.89. The van der Waals surface area contributed by atoms with Gasteiger partial charge in [-0.3, -0.25) is 14.6 Å². The topological polar surface area (TPSA) is 82.5 Å². The Morgan fingerprint density at radius 1 is 1.50 bits per heavy atom. The highest BCUT2D eigenvalue weighted by Crippen LogP contribution is 1.95. The fraction of sp³-hybridized carbons (Fsp3) is 0.417. The lowest BCUT2D eigenvalue weighted by Crippen LogP contribution is -2.43. The first kappa shape index (κ1) is 14.1. The molecule has 0 aliphatic rings. The van der Waals surface area contributed by atoms with E-state index in [9.17, 15) is 9.59 Å². The van der Waals surface area contributed by atoms with Crippen molar-refractivity contribution in [3.63, 3.8) is 0 Å². The number of aliphatic hydroxyl groups is 1. The average Bonchev–Trinajstić information content (AvgIpc) is 2.42. The molecular formula is C12H17N3O3. The van der Waals surface area contributed by atoms with Crippen molar-refractivity contribution in [3.05, 3.63) is 30.1 Å². The molecule has 0 saturated carbocycles. The number of aliphatic hydroxyl groups excluding tert-OH is 1. The van der Waals surface area contributed by atoms with Gasteiger partial charge in [0.25, 0.3) is 0 Å². The van der Waals surface area contributed by atoms with E-state index in [-0.39, 0.29) is 19.7 Å². The quantitative estimate of drug-likeness (QED) is 0.694. The second kappa shape index (κ2) is 7.39. The third-order valence-electron chi connectivity index (χ3n) is 2.41. The molecule has 0 atom stereocenters. The minimum Gasteiger partial charge on any atom is -0.395 e. The number of aromatic nitrogens is 1. The number of nitrogens with one attached hydrogen (secondary N) is 1. The van der Waals surface area contributed by atoms with Crippen LogP contribution >= 0.6 is 0 Å². The van der Waals surface area contributed by atoms with Crippen LogP contribution in [0.5, 0.6) is 0 Å². The third-order valence-corrected chi connectivity index (χ3v) is 2.41. The van der Waals surface area contributed by atoms with Gasteiger partial charge in [0.05, 0.1) is 6.61 Å². The molecule has 18 heavy (non-hydrogen) atoms. The summed E-state index contributed by atoms with van der Waals surface area (Å²) in [5.41, 5.74) is 0.823. The second-order valence-electron chi connectivity index (χ2n) is 3.65. The van der Waals surface area contributed by atoms with E-state index in [2.05, 4.69) is 10.3 Å². The SMILES string of the molecule is CCN(CCO)C(=O)C(=O)NCc1cccnc1. The van der Waals surface area contributed by atoms with Crippen molar-refractivity contribution in [2.45, 2.75) is 13.5 Å². The molecule has 1 aromatic heterocycles. The van der Waals surface area contributed by atoms with Gasteiger partial charge in [-0.05, 0) is 18.6 Å². The van der Waals surface area contributed by atoms with Gasteiger partial charge in [-0.25, -0.2) is 0 Å². The van der Waals surface area contributed by atoms with Crippen LogP contribution in [0.1, 0.15) is 12.5 Å². The third kappa shape index (κ3) is 4.14. The average molecular weight is 251 g/mol. The molecule has 1 aromatic rings. The van der Waals surface area contributed by atoms with Gasteiger partial charge in [0.1, 0.15) is 0 Å².